The van der Waals surface area contributed by atoms with Gasteiger partial charge in [0.2, 0.25) is 0 Å². The van der Waals surface area contributed by atoms with Crippen molar-refractivity contribution in [3.8, 4) is 11.5 Å². The van der Waals surface area contributed by atoms with Crippen LogP contribution in [-0.4, -0.2) is 81.1 Å². The number of rotatable bonds is 13. The summed E-state index contributed by atoms with van der Waals surface area (Å²) in [6.45, 7) is 11.3. The summed E-state index contributed by atoms with van der Waals surface area (Å²) in [6, 6.07) is 16.1. The third-order valence-corrected chi connectivity index (χ3v) is 8.94. The zero-order valence-corrected chi connectivity index (χ0v) is 27.6. The Morgan fingerprint density at radius 1 is 0.804 bits per heavy atom. The lowest BCUT2D eigenvalue weighted by molar-refractivity contribution is -0.141. The van der Waals surface area contributed by atoms with E-state index in [9.17, 15) is 14.4 Å². The van der Waals surface area contributed by atoms with E-state index >= 15 is 0 Å². The van der Waals surface area contributed by atoms with Crippen LogP contribution in [0.2, 0.25) is 0 Å². The summed E-state index contributed by atoms with van der Waals surface area (Å²) in [6.07, 6.45) is 0.324. The summed E-state index contributed by atoms with van der Waals surface area (Å²) in [7, 11) is 2.72. The number of anilines is 2. The molecule has 0 unspecified atom stereocenters. The third kappa shape index (κ3) is 5.89. The molecule has 3 aromatic carbocycles. The average molecular weight is 629 g/mol. The summed E-state index contributed by atoms with van der Waals surface area (Å²) in [5.41, 5.74) is 6.38. The van der Waals surface area contributed by atoms with E-state index in [-0.39, 0.29) is 30.7 Å². The highest BCUT2D eigenvalue weighted by Gasteiger charge is 2.56. The first-order valence-electron chi connectivity index (χ1n) is 15.9. The van der Waals surface area contributed by atoms with Gasteiger partial charge >= 0.3 is 11.9 Å². The number of esters is 2. The van der Waals surface area contributed by atoms with Gasteiger partial charge in [0, 0.05) is 79.5 Å². The minimum absolute atomic E-state index is 0.0860. The van der Waals surface area contributed by atoms with Gasteiger partial charge in [-0.1, -0.05) is 18.2 Å². The lowest BCUT2D eigenvalue weighted by atomic mass is 9.73. The Morgan fingerprint density at radius 2 is 1.33 bits per heavy atom. The van der Waals surface area contributed by atoms with Crippen molar-refractivity contribution in [3.63, 3.8) is 0 Å². The fraction of sp³-hybridized carbons (Fsp3) is 0.417. The Morgan fingerprint density at radius 3 is 1.83 bits per heavy atom. The highest BCUT2D eigenvalue weighted by atomic mass is 16.5. The van der Waals surface area contributed by atoms with Crippen molar-refractivity contribution in [2.75, 3.05) is 64.1 Å². The van der Waals surface area contributed by atoms with Crippen molar-refractivity contribution in [1.29, 1.82) is 0 Å². The molecule has 3 aromatic rings. The molecule has 2 aliphatic heterocycles. The van der Waals surface area contributed by atoms with Crippen LogP contribution in [0, 0.1) is 13.8 Å². The van der Waals surface area contributed by atoms with Crippen LogP contribution < -0.4 is 15.4 Å². The number of nitrogens with one attached hydrogen (secondary N) is 2. The SMILES string of the molecule is CCNc1cc2c(cc1C)C1(c3cc(C)c(NCC)cc3O2)c2ccccc2C(=O)N1CCN(CCC(=O)OC)CCC(=O)OC. The van der Waals surface area contributed by atoms with Gasteiger partial charge in [-0.3, -0.25) is 14.4 Å². The smallest absolute Gasteiger partial charge is 0.306 e. The number of methoxy groups -OCH3 is 2. The Bertz CT molecular complexity index is 1560. The summed E-state index contributed by atoms with van der Waals surface area (Å²) < 4.78 is 16.5. The molecule has 2 N–H and O–H groups in total. The van der Waals surface area contributed by atoms with E-state index in [4.69, 9.17) is 14.2 Å². The van der Waals surface area contributed by atoms with E-state index in [0.717, 1.165) is 52.3 Å². The van der Waals surface area contributed by atoms with Crippen LogP contribution in [0.15, 0.2) is 48.5 Å². The van der Waals surface area contributed by atoms with Crippen molar-refractivity contribution in [2.24, 2.45) is 0 Å². The molecule has 5 rings (SSSR count). The predicted octanol–water partition coefficient (Wildman–Crippen LogP) is 5.45. The number of hydrogen-bond acceptors (Lipinski definition) is 9. The molecule has 10 heteroatoms. The predicted molar refractivity (Wildman–Crippen MR) is 178 cm³/mol. The maximum atomic E-state index is 14.5. The van der Waals surface area contributed by atoms with Crippen molar-refractivity contribution in [1.82, 2.24) is 9.80 Å². The Hall–Kier alpha value is -4.57. The molecule has 2 aliphatic rings. The molecule has 1 spiro atoms. The number of nitrogens with zero attached hydrogens (tertiary/aromatic N) is 2. The molecule has 2 heterocycles. The van der Waals surface area contributed by atoms with Crippen molar-refractivity contribution >= 4 is 29.2 Å². The van der Waals surface area contributed by atoms with E-state index in [1.807, 2.05) is 46.2 Å². The van der Waals surface area contributed by atoms with Gasteiger partial charge in [-0.15, -0.1) is 0 Å². The van der Waals surface area contributed by atoms with Crippen molar-refractivity contribution < 1.29 is 28.6 Å². The normalized spacial score (nSPS) is 14.0. The lowest BCUT2D eigenvalue weighted by Gasteiger charge is -2.45. The van der Waals surface area contributed by atoms with E-state index in [1.54, 1.807) is 0 Å². The van der Waals surface area contributed by atoms with Gasteiger partial charge in [0.25, 0.3) is 5.91 Å². The van der Waals surface area contributed by atoms with Crippen LogP contribution in [-0.2, 0) is 24.6 Å². The Kier molecular flexibility index (Phi) is 9.86. The van der Waals surface area contributed by atoms with Crippen LogP contribution in [0.1, 0.15) is 64.9 Å². The van der Waals surface area contributed by atoms with Crippen LogP contribution in [0.3, 0.4) is 0 Å². The molecule has 0 atom stereocenters. The second kappa shape index (κ2) is 13.8. The summed E-state index contributed by atoms with van der Waals surface area (Å²) in [5.74, 6) is 0.606. The summed E-state index contributed by atoms with van der Waals surface area (Å²) >= 11 is 0. The van der Waals surface area contributed by atoms with Crippen LogP contribution >= 0.6 is 0 Å². The first-order chi connectivity index (χ1) is 22.2. The topological polar surface area (TPSA) is 109 Å². The molecule has 244 valence electrons. The van der Waals surface area contributed by atoms with Gasteiger partial charge in [0.1, 0.15) is 17.0 Å². The van der Waals surface area contributed by atoms with Gasteiger partial charge in [-0.05, 0) is 62.6 Å². The molecular weight excluding hydrogens is 584 g/mol. The van der Waals surface area contributed by atoms with E-state index < -0.39 is 5.54 Å². The van der Waals surface area contributed by atoms with E-state index in [1.165, 1.54) is 14.2 Å². The molecule has 1 amide bonds. The van der Waals surface area contributed by atoms with Gasteiger partial charge in [-0.2, -0.15) is 0 Å². The molecule has 10 nitrogen and oxygen atoms in total. The van der Waals surface area contributed by atoms with Gasteiger partial charge in [0.05, 0.1) is 27.1 Å². The van der Waals surface area contributed by atoms with Crippen molar-refractivity contribution in [2.45, 2.75) is 46.1 Å². The average Bonchev–Trinajstić information content (AvgIpc) is 3.30. The Balaban J connectivity index is 1.68. The number of ether oxygens (including phenoxy) is 3. The van der Waals surface area contributed by atoms with E-state index in [0.29, 0.717) is 43.2 Å². The monoisotopic (exact) mass is 628 g/mol. The van der Waals surface area contributed by atoms with Crippen LogP contribution in [0.4, 0.5) is 11.4 Å². The van der Waals surface area contributed by atoms with Gasteiger partial charge < -0.3 is 34.6 Å². The first kappa shape index (κ1) is 32.8. The highest BCUT2D eigenvalue weighted by molar-refractivity contribution is 6.02. The fourth-order valence-corrected chi connectivity index (χ4v) is 6.69. The second-order valence-corrected chi connectivity index (χ2v) is 11.7. The minimum Gasteiger partial charge on any atom is -0.469 e. The third-order valence-electron chi connectivity index (χ3n) is 8.94. The molecule has 46 heavy (non-hydrogen) atoms. The number of benzene rings is 3. The largest absolute Gasteiger partial charge is 0.469 e. The first-order valence-corrected chi connectivity index (χ1v) is 15.9. The number of carbonyl (C=O) groups excluding carboxylic acids is 3. The molecule has 0 fully saturated rings. The van der Waals surface area contributed by atoms with E-state index in [2.05, 4.69) is 50.5 Å². The Labute approximate surface area is 271 Å². The molecule has 0 aromatic heterocycles. The van der Waals surface area contributed by atoms with Gasteiger partial charge in [-0.25, -0.2) is 0 Å². The van der Waals surface area contributed by atoms with Crippen molar-refractivity contribution in [3.05, 3.63) is 81.9 Å². The standard InChI is InChI=1S/C36H44N4O6/c1-7-37-29-21-31-27(19-23(29)3)36(28-20-24(4)30(38-8-2)22-32(28)46-31)26-12-10-9-11-25(26)35(43)40(36)18-17-39(15-13-33(41)44-5)16-14-34(42)45-6/h9-12,19-22,37-38H,7-8,13-18H2,1-6H3. The molecule has 0 saturated carbocycles. The van der Waals surface area contributed by atoms with Crippen LogP contribution in [0.5, 0.6) is 11.5 Å². The maximum Gasteiger partial charge on any atom is 0.306 e. The number of amides is 1. The summed E-state index contributed by atoms with van der Waals surface area (Å²) in [4.78, 5) is 42.6. The minimum atomic E-state index is -0.974. The highest BCUT2D eigenvalue weighted by Crippen LogP contribution is 2.58. The number of aryl methyl sites for hydroxylation is 2. The zero-order valence-electron chi connectivity index (χ0n) is 27.6. The van der Waals surface area contributed by atoms with Gasteiger partial charge in [0.15, 0.2) is 0 Å². The number of fused-ring (bicyclic) bond motifs is 6. The molecule has 0 bridgehead atoms. The molecule has 0 radical (unpaired) electrons. The molecular formula is C36H44N4O6. The molecule has 0 aliphatic carbocycles. The molecule has 0 saturated heterocycles. The number of hydrogen-bond donors (Lipinski definition) is 2. The van der Waals surface area contributed by atoms with Crippen LogP contribution in [0.25, 0.3) is 0 Å². The number of carbonyl (C=O) groups is 3. The zero-order chi connectivity index (χ0) is 33.0. The lowest BCUT2D eigenvalue weighted by Crippen LogP contribution is -2.50. The second-order valence-electron chi connectivity index (χ2n) is 11.7. The quantitative estimate of drug-likeness (QED) is 0.239. The summed E-state index contributed by atoms with van der Waals surface area (Å²) in [5, 5.41) is 6.90. The maximum absolute atomic E-state index is 14.5. The fourth-order valence-electron chi connectivity index (χ4n) is 6.69.